The quantitative estimate of drug-likeness (QED) is 0.191. The van der Waals surface area contributed by atoms with E-state index in [1.165, 1.54) is 16.3 Å². The van der Waals surface area contributed by atoms with E-state index in [1.54, 1.807) is 33.0 Å². The third-order valence-electron chi connectivity index (χ3n) is 7.51. The van der Waals surface area contributed by atoms with Gasteiger partial charge in [0.1, 0.15) is 12.2 Å². The number of nitrogens with zero attached hydrogens (tertiary/aromatic N) is 5. The van der Waals surface area contributed by atoms with Crippen LogP contribution in [0.4, 0.5) is 15.6 Å². The van der Waals surface area contributed by atoms with Crippen molar-refractivity contribution < 1.29 is 14.4 Å². The average molecular weight is 577 g/mol. The smallest absolute Gasteiger partial charge is 0.332 e. The van der Waals surface area contributed by atoms with Gasteiger partial charge < -0.3 is 26.6 Å². The largest absolute Gasteiger partial charge is 0.399 e. The number of anilines is 2. The molecule has 41 heavy (non-hydrogen) atoms. The third kappa shape index (κ3) is 5.84. The second-order valence-electron chi connectivity index (χ2n) is 10.3. The molecule has 2 saturated heterocycles. The highest BCUT2D eigenvalue weighted by atomic mass is 32.1. The van der Waals surface area contributed by atoms with Crippen molar-refractivity contribution in [1.82, 2.24) is 30.1 Å². The van der Waals surface area contributed by atoms with E-state index in [9.17, 15) is 14.4 Å². The van der Waals surface area contributed by atoms with Crippen LogP contribution >= 0.6 is 11.3 Å². The molecule has 11 nitrogen and oxygen atoms in total. The summed E-state index contributed by atoms with van der Waals surface area (Å²) in [6.45, 7) is 7.15. The standard InChI is InChI=1S/C29H36N8O3S/c1-3-5-13-32-29(40)35(14-4-2)36-18-25(38)37-22(15-19-9-11-21(30)12-10-19)27(39)34(17-24(36)37)16-20-7-6-8-23-26(20)33-28(31)41-23/h4,6-12,22,24H,2-3,5,13-18,30H2,1H3,(H2,31,33)(H,32,40)/t22-,24?/m0/s1. The molecule has 0 radical (unpaired) electrons. The molecule has 4 amide bonds. The highest BCUT2D eigenvalue weighted by molar-refractivity contribution is 7.22. The van der Waals surface area contributed by atoms with E-state index in [4.69, 9.17) is 11.5 Å². The van der Waals surface area contributed by atoms with Gasteiger partial charge in [0.15, 0.2) is 5.13 Å². The van der Waals surface area contributed by atoms with Crippen molar-refractivity contribution in [3.05, 3.63) is 66.2 Å². The van der Waals surface area contributed by atoms with Crippen LogP contribution in [-0.2, 0) is 22.6 Å². The number of nitrogen functional groups attached to an aromatic ring is 2. The Hall–Kier alpha value is -4.16. The van der Waals surface area contributed by atoms with Crippen LogP contribution in [0.1, 0.15) is 30.9 Å². The minimum atomic E-state index is -0.747. The number of hydrogen-bond acceptors (Lipinski definition) is 8. The summed E-state index contributed by atoms with van der Waals surface area (Å²) < 4.78 is 0.947. The number of piperazine rings is 1. The Kier molecular flexibility index (Phi) is 8.41. The van der Waals surface area contributed by atoms with Gasteiger partial charge in [-0.2, -0.15) is 5.01 Å². The SMILES string of the molecule is C=CCN(C(=O)NCCCC)N1CC(=O)N2C1CN(Cc1cccc3sc(N)nc13)C(=O)[C@@H]2Cc1ccc(N)cc1. The Bertz CT molecular complexity index is 1440. The molecule has 2 atom stereocenters. The van der Waals surface area contributed by atoms with Crippen molar-refractivity contribution in [1.29, 1.82) is 0 Å². The monoisotopic (exact) mass is 576 g/mol. The Morgan fingerprint density at radius 1 is 1.22 bits per heavy atom. The molecule has 0 bridgehead atoms. The molecular formula is C29H36N8O3S. The van der Waals surface area contributed by atoms with Gasteiger partial charge in [-0.1, -0.05) is 55.0 Å². The second-order valence-corrected chi connectivity index (χ2v) is 11.4. The Morgan fingerprint density at radius 3 is 2.73 bits per heavy atom. The molecule has 5 N–H and O–H groups in total. The van der Waals surface area contributed by atoms with E-state index in [0.717, 1.165) is 34.2 Å². The molecule has 0 aliphatic carbocycles. The Balaban J connectivity index is 1.49. The molecule has 2 aliphatic rings. The molecule has 1 aromatic heterocycles. The van der Waals surface area contributed by atoms with Crippen LogP contribution in [0.5, 0.6) is 0 Å². The lowest BCUT2D eigenvalue weighted by molar-refractivity contribution is -0.157. The predicted molar refractivity (Wildman–Crippen MR) is 160 cm³/mol. The number of benzene rings is 2. The van der Waals surface area contributed by atoms with Crippen LogP contribution in [0.15, 0.2) is 55.1 Å². The van der Waals surface area contributed by atoms with Gasteiger partial charge in [-0.15, -0.1) is 6.58 Å². The lowest BCUT2D eigenvalue weighted by atomic mass is 9.99. The van der Waals surface area contributed by atoms with E-state index in [2.05, 4.69) is 23.8 Å². The molecule has 3 heterocycles. The second kappa shape index (κ2) is 12.1. The molecule has 3 aromatic rings. The normalized spacial score (nSPS) is 19.0. The highest BCUT2D eigenvalue weighted by Gasteiger charge is 2.52. The summed E-state index contributed by atoms with van der Waals surface area (Å²) in [5.74, 6) is -0.357. The van der Waals surface area contributed by atoms with Gasteiger partial charge in [0, 0.05) is 25.2 Å². The fourth-order valence-electron chi connectivity index (χ4n) is 5.51. The van der Waals surface area contributed by atoms with Crippen molar-refractivity contribution in [3.8, 4) is 0 Å². The number of thiazole rings is 1. The topological polar surface area (TPSA) is 141 Å². The minimum Gasteiger partial charge on any atom is -0.399 e. The van der Waals surface area contributed by atoms with E-state index >= 15 is 0 Å². The number of amides is 4. The Morgan fingerprint density at radius 2 is 2.00 bits per heavy atom. The maximum Gasteiger partial charge on any atom is 0.332 e. The zero-order chi connectivity index (χ0) is 29.1. The molecule has 2 aliphatic heterocycles. The maximum absolute atomic E-state index is 14.1. The zero-order valence-corrected chi connectivity index (χ0v) is 24.0. The number of carbonyl (C=O) groups is 3. The number of hydrogen-bond donors (Lipinski definition) is 3. The summed E-state index contributed by atoms with van der Waals surface area (Å²) in [7, 11) is 0. The van der Waals surface area contributed by atoms with Gasteiger partial charge in [-0.05, 0) is 35.7 Å². The molecule has 5 rings (SSSR count). The van der Waals surface area contributed by atoms with Crippen LogP contribution in [0, 0.1) is 0 Å². The first kappa shape index (κ1) is 28.4. The van der Waals surface area contributed by atoms with Crippen molar-refractivity contribution in [2.75, 3.05) is 37.6 Å². The fraction of sp³-hybridized carbons (Fsp3) is 0.379. The summed E-state index contributed by atoms with van der Waals surface area (Å²) in [5.41, 5.74) is 15.0. The van der Waals surface area contributed by atoms with E-state index in [-0.39, 0.29) is 37.5 Å². The first-order valence-corrected chi connectivity index (χ1v) is 14.6. The molecule has 216 valence electrons. The minimum absolute atomic E-state index is 0.0166. The van der Waals surface area contributed by atoms with Crippen molar-refractivity contribution >= 4 is 50.2 Å². The molecule has 0 saturated carbocycles. The number of carbonyl (C=O) groups excluding carboxylic acids is 3. The van der Waals surface area contributed by atoms with Gasteiger partial charge in [0.2, 0.25) is 11.8 Å². The first-order chi connectivity index (χ1) is 19.8. The number of rotatable bonds is 10. The van der Waals surface area contributed by atoms with Crippen LogP contribution in [0.25, 0.3) is 10.2 Å². The average Bonchev–Trinajstić information content (AvgIpc) is 3.49. The summed E-state index contributed by atoms with van der Waals surface area (Å²) in [5, 5.41) is 6.71. The molecule has 1 unspecified atom stereocenters. The third-order valence-corrected chi connectivity index (χ3v) is 8.36. The molecular weight excluding hydrogens is 540 g/mol. The van der Waals surface area contributed by atoms with Crippen LogP contribution in [0.3, 0.4) is 0 Å². The van der Waals surface area contributed by atoms with Crippen LogP contribution < -0.4 is 16.8 Å². The summed E-state index contributed by atoms with van der Waals surface area (Å²) >= 11 is 1.40. The van der Waals surface area contributed by atoms with Gasteiger partial charge in [0.25, 0.3) is 0 Å². The van der Waals surface area contributed by atoms with Gasteiger partial charge in [-0.25, -0.2) is 9.78 Å². The Labute approximate surface area is 243 Å². The highest BCUT2D eigenvalue weighted by Crippen LogP contribution is 2.32. The number of unbranched alkanes of at least 4 members (excludes halogenated alkanes) is 1. The number of nitrogens with two attached hydrogens (primary N) is 2. The predicted octanol–water partition coefficient (Wildman–Crippen LogP) is 2.80. The van der Waals surface area contributed by atoms with Crippen molar-refractivity contribution in [2.45, 2.75) is 44.9 Å². The van der Waals surface area contributed by atoms with Crippen LogP contribution in [0.2, 0.25) is 0 Å². The van der Waals surface area contributed by atoms with Crippen molar-refractivity contribution in [3.63, 3.8) is 0 Å². The van der Waals surface area contributed by atoms with E-state index in [0.29, 0.717) is 30.3 Å². The number of para-hydroxylation sites is 1. The van der Waals surface area contributed by atoms with Gasteiger partial charge in [0.05, 0.1) is 29.9 Å². The van der Waals surface area contributed by atoms with E-state index < -0.39 is 12.2 Å². The fourth-order valence-corrected chi connectivity index (χ4v) is 6.30. The van der Waals surface area contributed by atoms with Gasteiger partial charge >= 0.3 is 6.03 Å². The molecule has 0 spiro atoms. The van der Waals surface area contributed by atoms with E-state index in [1.807, 2.05) is 30.3 Å². The van der Waals surface area contributed by atoms with Crippen molar-refractivity contribution in [2.24, 2.45) is 0 Å². The lowest BCUT2D eigenvalue weighted by Crippen LogP contribution is -2.66. The number of aromatic nitrogens is 1. The summed E-state index contributed by atoms with van der Waals surface area (Å²) in [6.07, 6.45) is 3.22. The van der Waals surface area contributed by atoms with Crippen LogP contribution in [-0.4, -0.2) is 81.0 Å². The lowest BCUT2D eigenvalue weighted by Gasteiger charge is -2.46. The van der Waals surface area contributed by atoms with Gasteiger partial charge in [-0.3, -0.25) is 14.6 Å². The molecule has 2 fully saturated rings. The molecule has 2 aromatic carbocycles. The number of fused-ring (bicyclic) bond motifs is 2. The summed E-state index contributed by atoms with van der Waals surface area (Å²) in [4.78, 5) is 48.8. The number of urea groups is 1. The molecule has 12 heteroatoms. The number of hydrazine groups is 1. The number of nitrogens with one attached hydrogen (secondary N) is 1. The summed E-state index contributed by atoms with van der Waals surface area (Å²) in [6, 6.07) is 12.1. The maximum atomic E-state index is 14.1. The first-order valence-electron chi connectivity index (χ1n) is 13.8. The zero-order valence-electron chi connectivity index (χ0n) is 23.2.